The molecule has 1 rings (SSSR count). The quantitative estimate of drug-likeness (QED) is 0.466. The van der Waals surface area contributed by atoms with Gasteiger partial charge >= 0.3 is 0 Å². The highest BCUT2D eigenvalue weighted by atomic mass is 35.5. The van der Waals surface area contributed by atoms with Crippen molar-refractivity contribution in [3.8, 4) is 5.75 Å². The second-order valence-electron chi connectivity index (χ2n) is 2.72. The topological polar surface area (TPSA) is 64.3 Å². The van der Waals surface area contributed by atoms with Crippen LogP contribution in [0.2, 0.25) is 5.02 Å². The van der Waals surface area contributed by atoms with Crippen molar-refractivity contribution in [2.24, 2.45) is 5.84 Å². The summed E-state index contributed by atoms with van der Waals surface area (Å²) in [6, 6.07) is 4.40. The Kier molecular flexibility index (Phi) is 4.33. The van der Waals surface area contributed by atoms with E-state index in [2.05, 4.69) is 0 Å². The molecule has 0 atom stereocenters. The molecule has 0 unspecified atom stereocenters. The fraction of sp³-hybridized carbons (Fsp3) is 0.222. The van der Waals surface area contributed by atoms with E-state index in [-0.39, 0.29) is 29.7 Å². The third-order valence-electron chi connectivity index (χ3n) is 1.66. The van der Waals surface area contributed by atoms with Crippen molar-refractivity contribution in [2.75, 3.05) is 6.61 Å². The van der Waals surface area contributed by atoms with Crippen molar-refractivity contribution in [2.45, 2.75) is 6.42 Å². The van der Waals surface area contributed by atoms with E-state index in [4.69, 9.17) is 22.2 Å². The molecule has 6 heteroatoms. The Balaban J connectivity index is 2.51. The van der Waals surface area contributed by atoms with E-state index in [1.54, 1.807) is 6.07 Å². The van der Waals surface area contributed by atoms with Crippen LogP contribution in [0.4, 0.5) is 4.39 Å². The Morgan fingerprint density at radius 2 is 2.33 bits per heavy atom. The normalized spacial score (nSPS) is 9.80. The van der Waals surface area contributed by atoms with Crippen molar-refractivity contribution in [3.05, 3.63) is 29.0 Å². The van der Waals surface area contributed by atoms with Crippen LogP contribution in [-0.4, -0.2) is 12.5 Å². The summed E-state index contributed by atoms with van der Waals surface area (Å²) in [6.07, 6.45) is 0.0580. The molecule has 15 heavy (non-hydrogen) atoms. The number of halogens is 2. The lowest BCUT2D eigenvalue weighted by atomic mass is 10.3. The first-order valence-electron chi connectivity index (χ1n) is 4.21. The lowest BCUT2D eigenvalue weighted by molar-refractivity contribution is -0.121. The number of carbonyl (C=O) groups is 1. The largest absolute Gasteiger partial charge is 0.490 e. The standard InChI is InChI=1S/C9H10ClFN2O2/c10-6-2-1-3-7(9(6)11)15-5-4-8(14)13-12/h1-3H,4-5,12H2,(H,13,14). The van der Waals surface area contributed by atoms with E-state index >= 15 is 0 Å². The third-order valence-corrected chi connectivity index (χ3v) is 1.96. The van der Waals surface area contributed by atoms with E-state index in [9.17, 15) is 9.18 Å². The molecule has 0 bridgehead atoms. The molecule has 0 aliphatic carbocycles. The molecule has 0 radical (unpaired) electrons. The summed E-state index contributed by atoms with van der Waals surface area (Å²) >= 11 is 5.53. The average Bonchev–Trinajstić information content (AvgIpc) is 2.24. The number of benzene rings is 1. The van der Waals surface area contributed by atoms with Gasteiger partial charge in [0.1, 0.15) is 0 Å². The van der Waals surface area contributed by atoms with Crippen LogP contribution < -0.4 is 16.0 Å². The molecule has 0 aliphatic rings. The second-order valence-corrected chi connectivity index (χ2v) is 3.13. The molecule has 4 nitrogen and oxygen atoms in total. The van der Waals surface area contributed by atoms with Gasteiger partial charge in [0.15, 0.2) is 11.6 Å². The average molecular weight is 233 g/mol. The molecule has 0 fully saturated rings. The molecule has 0 saturated carbocycles. The Bertz CT molecular complexity index is 360. The van der Waals surface area contributed by atoms with Crippen LogP contribution in [0, 0.1) is 5.82 Å². The fourth-order valence-corrected chi connectivity index (χ4v) is 1.09. The van der Waals surface area contributed by atoms with E-state index < -0.39 is 5.82 Å². The maximum Gasteiger partial charge on any atom is 0.237 e. The number of amides is 1. The van der Waals surface area contributed by atoms with E-state index in [0.717, 1.165) is 0 Å². The third kappa shape index (κ3) is 3.38. The predicted molar refractivity (Wildman–Crippen MR) is 53.9 cm³/mol. The zero-order valence-electron chi connectivity index (χ0n) is 7.80. The number of nitrogens with one attached hydrogen (secondary N) is 1. The lowest BCUT2D eigenvalue weighted by Crippen LogP contribution is -2.31. The molecule has 82 valence electrons. The first-order chi connectivity index (χ1) is 7.15. The molecular weight excluding hydrogens is 223 g/mol. The Hall–Kier alpha value is -1.33. The van der Waals surface area contributed by atoms with E-state index in [0.29, 0.717) is 0 Å². The highest BCUT2D eigenvalue weighted by Gasteiger charge is 2.07. The molecule has 1 aromatic carbocycles. The summed E-state index contributed by atoms with van der Waals surface area (Å²) in [5.41, 5.74) is 1.94. The molecule has 0 spiro atoms. The number of carbonyl (C=O) groups excluding carboxylic acids is 1. The van der Waals surface area contributed by atoms with Gasteiger partial charge in [-0.1, -0.05) is 17.7 Å². The SMILES string of the molecule is NNC(=O)CCOc1cccc(Cl)c1F. The molecular formula is C9H10ClFN2O2. The highest BCUT2D eigenvalue weighted by Crippen LogP contribution is 2.23. The number of hydrogen-bond donors (Lipinski definition) is 2. The van der Waals surface area contributed by atoms with Gasteiger partial charge in [0, 0.05) is 0 Å². The van der Waals surface area contributed by atoms with Gasteiger partial charge in [0.25, 0.3) is 0 Å². The number of nitrogens with two attached hydrogens (primary N) is 1. The van der Waals surface area contributed by atoms with Crippen molar-refractivity contribution in [1.82, 2.24) is 5.43 Å². The molecule has 3 N–H and O–H groups in total. The number of ether oxygens (including phenoxy) is 1. The van der Waals surface area contributed by atoms with Crippen LogP contribution in [0.1, 0.15) is 6.42 Å². The summed E-state index contributed by atoms with van der Waals surface area (Å²) in [5, 5.41) is -0.0178. The van der Waals surface area contributed by atoms with Crippen molar-refractivity contribution in [1.29, 1.82) is 0 Å². The first-order valence-corrected chi connectivity index (χ1v) is 4.59. The Labute approximate surface area is 91.1 Å². The molecule has 1 aromatic rings. The van der Waals surface area contributed by atoms with Crippen LogP contribution in [0.5, 0.6) is 5.75 Å². The predicted octanol–water partition coefficient (Wildman–Crippen LogP) is 1.24. The number of rotatable bonds is 4. The van der Waals surface area contributed by atoms with Gasteiger partial charge in [-0.05, 0) is 12.1 Å². The van der Waals surface area contributed by atoms with Crippen molar-refractivity contribution < 1.29 is 13.9 Å². The van der Waals surface area contributed by atoms with Gasteiger partial charge in [-0.2, -0.15) is 0 Å². The summed E-state index contributed by atoms with van der Waals surface area (Å²) < 4.78 is 18.2. The fourth-order valence-electron chi connectivity index (χ4n) is 0.921. The van der Waals surface area contributed by atoms with Gasteiger partial charge in [0.05, 0.1) is 18.1 Å². The molecule has 0 aromatic heterocycles. The first kappa shape index (κ1) is 11.7. The summed E-state index contributed by atoms with van der Waals surface area (Å²) in [7, 11) is 0. The lowest BCUT2D eigenvalue weighted by Gasteiger charge is -2.06. The highest BCUT2D eigenvalue weighted by molar-refractivity contribution is 6.30. The summed E-state index contributed by atoms with van der Waals surface area (Å²) in [4.78, 5) is 10.7. The van der Waals surface area contributed by atoms with Gasteiger partial charge in [-0.15, -0.1) is 0 Å². The van der Waals surface area contributed by atoms with E-state index in [1.165, 1.54) is 12.1 Å². The second kappa shape index (κ2) is 5.53. The molecule has 0 heterocycles. The summed E-state index contributed by atoms with van der Waals surface area (Å²) in [6.45, 7) is 0.0420. The monoisotopic (exact) mass is 232 g/mol. The van der Waals surface area contributed by atoms with Crippen LogP contribution in [-0.2, 0) is 4.79 Å². The smallest absolute Gasteiger partial charge is 0.237 e. The minimum Gasteiger partial charge on any atom is -0.490 e. The number of hydrazine groups is 1. The maximum atomic E-state index is 13.2. The minimum atomic E-state index is -0.632. The van der Waals surface area contributed by atoms with Crippen LogP contribution in [0.3, 0.4) is 0 Å². The van der Waals surface area contributed by atoms with Gasteiger partial charge in [-0.3, -0.25) is 10.2 Å². The zero-order chi connectivity index (χ0) is 11.3. The zero-order valence-corrected chi connectivity index (χ0v) is 8.55. The van der Waals surface area contributed by atoms with Crippen LogP contribution in [0.15, 0.2) is 18.2 Å². The van der Waals surface area contributed by atoms with Crippen LogP contribution in [0.25, 0.3) is 0 Å². The molecule has 0 aliphatic heterocycles. The van der Waals surface area contributed by atoms with Crippen molar-refractivity contribution >= 4 is 17.5 Å². The Morgan fingerprint density at radius 1 is 1.60 bits per heavy atom. The van der Waals surface area contributed by atoms with Gasteiger partial charge < -0.3 is 4.74 Å². The molecule has 1 amide bonds. The van der Waals surface area contributed by atoms with E-state index in [1.807, 2.05) is 5.43 Å². The maximum absolute atomic E-state index is 13.2. The summed E-state index contributed by atoms with van der Waals surface area (Å²) in [5.74, 6) is 3.87. The van der Waals surface area contributed by atoms with Crippen molar-refractivity contribution in [3.63, 3.8) is 0 Å². The Morgan fingerprint density at radius 3 is 3.00 bits per heavy atom. The number of hydrogen-bond acceptors (Lipinski definition) is 3. The minimum absolute atomic E-state index is 0.0178. The molecule has 0 saturated heterocycles. The van der Waals surface area contributed by atoms with Crippen LogP contribution >= 0.6 is 11.6 Å². The van der Waals surface area contributed by atoms with Gasteiger partial charge in [0.2, 0.25) is 5.91 Å². The van der Waals surface area contributed by atoms with Gasteiger partial charge in [-0.25, -0.2) is 10.2 Å².